The third-order valence-electron chi connectivity index (χ3n) is 5.79. The highest BCUT2D eigenvalue weighted by Gasteiger charge is 2.44. The Morgan fingerprint density at radius 1 is 0.969 bits per heavy atom. The molecule has 1 fully saturated rings. The molecular weight excluding hydrogens is 456 g/mol. The van der Waals surface area contributed by atoms with Gasteiger partial charge < -0.3 is 4.74 Å². The van der Waals surface area contributed by atoms with Crippen molar-refractivity contribution in [2.45, 2.75) is 37.7 Å². The van der Waals surface area contributed by atoms with E-state index >= 15 is 0 Å². The molecule has 0 atom stereocenters. The second-order valence-electron chi connectivity index (χ2n) is 7.69. The number of fused-ring (bicyclic) bond motifs is 6. The largest absolute Gasteiger partial charge is 0.479 e. The Balaban J connectivity index is 1.69. The van der Waals surface area contributed by atoms with Gasteiger partial charge in [0, 0.05) is 15.3 Å². The zero-order valence-electron chi connectivity index (χ0n) is 16.8. The Bertz CT molecular complexity index is 1450. The molecule has 32 heavy (non-hydrogen) atoms. The van der Waals surface area contributed by atoms with Gasteiger partial charge >= 0.3 is 0 Å². The van der Waals surface area contributed by atoms with Crippen LogP contribution in [0.4, 0.5) is 0 Å². The van der Waals surface area contributed by atoms with E-state index in [-0.39, 0.29) is 16.9 Å². The van der Waals surface area contributed by atoms with Gasteiger partial charge in [-0.05, 0) is 50.0 Å². The van der Waals surface area contributed by atoms with E-state index < -0.39 is 0 Å². The molecule has 2 aliphatic rings. The van der Waals surface area contributed by atoms with Gasteiger partial charge in [-0.2, -0.15) is 10.5 Å². The number of nitriles is 3. The molecule has 1 aliphatic carbocycles. The highest BCUT2D eigenvalue weighted by atomic mass is 32.1. The minimum atomic E-state index is -0.384. The van der Waals surface area contributed by atoms with Crippen LogP contribution >= 0.6 is 34.0 Å². The molecule has 1 saturated carbocycles. The first-order valence-corrected chi connectivity index (χ1v) is 12.5. The fourth-order valence-electron chi connectivity index (χ4n) is 4.39. The molecule has 5 rings (SSSR count). The van der Waals surface area contributed by atoms with E-state index in [4.69, 9.17) is 16.6 Å². The zero-order chi connectivity index (χ0) is 22.3. The molecular formula is C24H14N4OS3. The molecule has 154 valence electrons. The maximum atomic E-state index is 9.18. The van der Waals surface area contributed by atoms with Crippen LogP contribution in [0.5, 0.6) is 5.75 Å². The third kappa shape index (κ3) is 3.22. The van der Waals surface area contributed by atoms with Crippen LogP contribution in [0.3, 0.4) is 0 Å². The van der Waals surface area contributed by atoms with Gasteiger partial charge in [-0.25, -0.2) is 10.1 Å². The molecule has 1 aliphatic heterocycles. The summed E-state index contributed by atoms with van der Waals surface area (Å²) in [4.78, 5) is 7.27. The fraction of sp³-hybridized carbons (Fsp3) is 0.250. The standard InChI is InChI=1S/C24H14N4OS3/c1-28-15(13-27)8-17-10-19-22(31-17)20-23(32-19)21-18(24(29-20)5-3-2-4-6-24)9-16(30-21)7-14(11-25)12-26/h7-10H,2-6H2/b15-8+. The van der Waals surface area contributed by atoms with Crippen LogP contribution in [0, 0.1) is 40.6 Å². The van der Waals surface area contributed by atoms with E-state index in [1.807, 2.05) is 24.3 Å². The van der Waals surface area contributed by atoms with Crippen molar-refractivity contribution in [3.63, 3.8) is 0 Å². The Morgan fingerprint density at radius 3 is 2.41 bits per heavy atom. The van der Waals surface area contributed by atoms with Gasteiger partial charge in [-0.1, -0.05) is 6.42 Å². The van der Waals surface area contributed by atoms with Crippen molar-refractivity contribution in [3.8, 4) is 33.7 Å². The molecule has 0 amide bonds. The minimum Gasteiger partial charge on any atom is -0.479 e. The van der Waals surface area contributed by atoms with Crippen LogP contribution in [0.15, 0.2) is 23.4 Å². The Kier molecular flexibility index (Phi) is 5.09. The molecule has 0 bridgehead atoms. The lowest BCUT2D eigenvalue weighted by molar-refractivity contribution is 0.0267. The predicted molar refractivity (Wildman–Crippen MR) is 128 cm³/mol. The van der Waals surface area contributed by atoms with Crippen molar-refractivity contribution in [3.05, 3.63) is 50.1 Å². The lowest BCUT2D eigenvalue weighted by Gasteiger charge is -2.40. The molecule has 0 unspecified atom stereocenters. The second-order valence-corrected chi connectivity index (χ2v) is 10.9. The molecule has 8 heteroatoms. The quantitative estimate of drug-likeness (QED) is 0.287. The first kappa shape index (κ1) is 20.5. The molecule has 0 aromatic carbocycles. The van der Waals surface area contributed by atoms with E-state index in [0.717, 1.165) is 55.5 Å². The van der Waals surface area contributed by atoms with Gasteiger partial charge in [0.1, 0.15) is 23.3 Å². The number of hydrogen-bond donors (Lipinski definition) is 0. The zero-order valence-corrected chi connectivity index (χ0v) is 19.2. The topological polar surface area (TPSA) is 85.0 Å². The summed E-state index contributed by atoms with van der Waals surface area (Å²) < 4.78 is 8.94. The summed E-state index contributed by atoms with van der Waals surface area (Å²) in [5.74, 6) is 0.892. The molecule has 1 spiro atoms. The summed E-state index contributed by atoms with van der Waals surface area (Å²) in [6, 6.07) is 9.93. The van der Waals surface area contributed by atoms with E-state index in [0.29, 0.717) is 0 Å². The van der Waals surface area contributed by atoms with Gasteiger partial charge in [0.25, 0.3) is 5.70 Å². The van der Waals surface area contributed by atoms with Crippen LogP contribution in [-0.4, -0.2) is 0 Å². The Hall–Kier alpha value is -3.40. The summed E-state index contributed by atoms with van der Waals surface area (Å²) >= 11 is 4.80. The van der Waals surface area contributed by atoms with Crippen molar-refractivity contribution in [1.29, 1.82) is 15.8 Å². The molecule has 0 radical (unpaired) electrons. The first-order chi connectivity index (χ1) is 15.6. The van der Waals surface area contributed by atoms with Crippen LogP contribution in [0.2, 0.25) is 0 Å². The lowest BCUT2D eigenvalue weighted by atomic mass is 9.78. The maximum Gasteiger partial charge on any atom is 0.263 e. The maximum absolute atomic E-state index is 9.18. The fourth-order valence-corrected chi connectivity index (χ4v) is 8.17. The lowest BCUT2D eigenvalue weighted by Crippen LogP contribution is -2.37. The summed E-state index contributed by atoms with van der Waals surface area (Å²) in [6.45, 7) is 7.12. The normalized spacial score (nSPS) is 16.1. The molecule has 4 heterocycles. The van der Waals surface area contributed by atoms with Gasteiger partial charge in [0.05, 0.1) is 31.8 Å². The first-order valence-electron chi connectivity index (χ1n) is 10.0. The highest BCUT2D eigenvalue weighted by molar-refractivity contribution is 7.32. The molecule has 0 saturated heterocycles. The van der Waals surface area contributed by atoms with Crippen molar-refractivity contribution >= 4 is 55.6 Å². The monoisotopic (exact) mass is 470 g/mol. The van der Waals surface area contributed by atoms with Crippen LogP contribution < -0.4 is 4.74 Å². The number of thiophene rings is 3. The van der Waals surface area contributed by atoms with E-state index in [1.165, 1.54) is 16.9 Å². The van der Waals surface area contributed by atoms with Crippen LogP contribution in [0.1, 0.15) is 47.4 Å². The summed E-state index contributed by atoms with van der Waals surface area (Å²) in [5, 5.41) is 27.4. The van der Waals surface area contributed by atoms with Gasteiger partial charge in [-0.3, -0.25) is 0 Å². The smallest absolute Gasteiger partial charge is 0.263 e. The van der Waals surface area contributed by atoms with E-state index in [9.17, 15) is 10.5 Å². The van der Waals surface area contributed by atoms with Crippen molar-refractivity contribution < 1.29 is 4.74 Å². The van der Waals surface area contributed by atoms with Gasteiger partial charge in [0.15, 0.2) is 5.75 Å². The summed E-state index contributed by atoms with van der Waals surface area (Å²) in [7, 11) is 0. The number of nitrogens with zero attached hydrogens (tertiary/aromatic N) is 4. The van der Waals surface area contributed by atoms with Gasteiger partial charge in [0.2, 0.25) is 0 Å². The Labute approximate surface area is 197 Å². The van der Waals surface area contributed by atoms with Crippen molar-refractivity contribution in [2.75, 3.05) is 0 Å². The molecule has 3 aromatic heterocycles. The average Bonchev–Trinajstić information content (AvgIpc) is 3.50. The van der Waals surface area contributed by atoms with E-state index in [2.05, 4.69) is 10.9 Å². The average molecular weight is 471 g/mol. The van der Waals surface area contributed by atoms with Gasteiger partial charge in [-0.15, -0.1) is 34.0 Å². The number of rotatable bonds is 2. The number of ether oxygens (including phenoxy) is 1. The SMILES string of the molecule is [C-]#[N+]/C(C#N)=C/c1cc2sc3c(c2s1)OC1(CCCCC1)c1cc(C=C(C#N)C#N)sc1-3. The van der Waals surface area contributed by atoms with Crippen LogP contribution in [0.25, 0.3) is 36.2 Å². The van der Waals surface area contributed by atoms with E-state index in [1.54, 1.807) is 46.2 Å². The summed E-state index contributed by atoms with van der Waals surface area (Å²) in [6.07, 6.45) is 8.55. The molecule has 3 aromatic rings. The van der Waals surface area contributed by atoms with Crippen molar-refractivity contribution in [1.82, 2.24) is 0 Å². The van der Waals surface area contributed by atoms with Crippen molar-refractivity contribution in [2.24, 2.45) is 0 Å². The third-order valence-corrected chi connectivity index (χ3v) is 9.36. The number of allylic oxidation sites excluding steroid dienone is 2. The second kappa shape index (κ2) is 7.94. The molecule has 0 N–H and O–H groups in total. The Morgan fingerprint density at radius 2 is 1.72 bits per heavy atom. The number of hydrogen-bond acceptors (Lipinski definition) is 7. The summed E-state index contributed by atoms with van der Waals surface area (Å²) in [5.41, 5.74) is 0.953. The predicted octanol–water partition coefficient (Wildman–Crippen LogP) is 7.46. The minimum absolute atomic E-state index is 0.0696. The van der Waals surface area contributed by atoms with Crippen LogP contribution in [-0.2, 0) is 5.60 Å². The molecule has 5 nitrogen and oxygen atoms in total. The highest BCUT2D eigenvalue weighted by Crippen LogP contribution is 2.60.